The van der Waals surface area contributed by atoms with Crippen LogP contribution < -0.4 is 4.72 Å². The molecule has 3 aromatic carbocycles. The Hall–Kier alpha value is -3.29. The number of sulfonamides is 1. The molecule has 1 saturated carbocycles. The lowest BCUT2D eigenvalue weighted by atomic mass is 9.74. The number of rotatable bonds is 2. The predicted molar refractivity (Wildman–Crippen MR) is 136 cm³/mol. The van der Waals surface area contributed by atoms with Crippen molar-refractivity contribution >= 4 is 10.0 Å². The van der Waals surface area contributed by atoms with Crippen molar-refractivity contribution in [2.45, 2.75) is 36.1 Å². The number of aryl methyl sites for hydroxylation is 1. The molecule has 36 heavy (non-hydrogen) atoms. The Morgan fingerprint density at radius 2 is 1.61 bits per heavy atom. The van der Waals surface area contributed by atoms with Gasteiger partial charge in [-0.1, -0.05) is 30.3 Å². The van der Waals surface area contributed by atoms with E-state index in [1.807, 2.05) is 36.0 Å². The third kappa shape index (κ3) is 3.09. The quantitative estimate of drug-likeness (QED) is 0.412. The fourth-order valence-corrected chi connectivity index (χ4v) is 8.69. The van der Waals surface area contributed by atoms with Crippen LogP contribution in [0.25, 0.3) is 22.5 Å². The fraction of sp³-hybridized carbons (Fsp3) is 0.276. The summed E-state index contributed by atoms with van der Waals surface area (Å²) in [6.45, 7) is 0. The minimum atomic E-state index is -3.51. The average molecular weight is 500 g/mol. The largest absolute Gasteiger partial charge is 0.267 e. The highest BCUT2D eigenvalue weighted by atomic mass is 32.2. The van der Waals surface area contributed by atoms with Gasteiger partial charge in [0.25, 0.3) is 0 Å². The van der Waals surface area contributed by atoms with Crippen molar-refractivity contribution in [3.63, 3.8) is 0 Å². The first-order valence-electron chi connectivity index (χ1n) is 12.4. The Kier molecular flexibility index (Phi) is 4.64. The van der Waals surface area contributed by atoms with Gasteiger partial charge >= 0.3 is 0 Å². The summed E-state index contributed by atoms with van der Waals surface area (Å²) >= 11 is 0. The molecule has 0 amide bonds. The van der Waals surface area contributed by atoms with Crippen molar-refractivity contribution in [1.29, 1.82) is 0 Å². The lowest BCUT2D eigenvalue weighted by molar-refractivity contribution is 0.232. The normalized spacial score (nSPS) is 25.5. The number of hydrogen-bond donors (Lipinski definition) is 1. The molecule has 1 fully saturated rings. The Labute approximate surface area is 210 Å². The molecule has 1 spiro atoms. The van der Waals surface area contributed by atoms with Crippen molar-refractivity contribution < 1.29 is 12.8 Å². The molecule has 0 saturated heterocycles. The van der Waals surface area contributed by atoms with Gasteiger partial charge in [-0.05, 0) is 102 Å². The van der Waals surface area contributed by atoms with E-state index in [1.54, 1.807) is 18.2 Å². The highest BCUT2D eigenvalue weighted by Gasteiger charge is 2.59. The first-order chi connectivity index (χ1) is 17.3. The molecule has 2 aliphatic carbocycles. The lowest BCUT2D eigenvalue weighted by Crippen LogP contribution is -2.47. The summed E-state index contributed by atoms with van der Waals surface area (Å²) in [5.41, 5.74) is 6.73. The van der Waals surface area contributed by atoms with Crippen LogP contribution in [0.5, 0.6) is 0 Å². The molecule has 2 heterocycles. The molecule has 3 unspecified atom stereocenters. The van der Waals surface area contributed by atoms with Gasteiger partial charge in [0.2, 0.25) is 10.0 Å². The summed E-state index contributed by atoms with van der Waals surface area (Å²) in [7, 11) is -1.61. The van der Waals surface area contributed by atoms with Gasteiger partial charge in [-0.15, -0.1) is 0 Å². The standard InChI is InChI=1S/C29H26FN3O2S/c1-33-27(18-8-12-24(30)13-9-18)17-26(31-33)20-7-6-19-15-22-10-11-23(16-21(19)14-20)29(22)25-4-2-3-5-28(25)36(34,35)32-29/h2-9,12-14,17,22-23,32H,10-11,15-16H2,1H3. The van der Waals surface area contributed by atoms with Crippen LogP contribution in [0.4, 0.5) is 4.39 Å². The zero-order valence-corrected chi connectivity index (χ0v) is 20.7. The number of halogens is 1. The molecular weight excluding hydrogens is 473 g/mol. The molecule has 182 valence electrons. The maximum atomic E-state index is 13.4. The monoisotopic (exact) mass is 499 g/mol. The Morgan fingerprint density at radius 3 is 2.39 bits per heavy atom. The summed E-state index contributed by atoms with van der Waals surface area (Å²) in [4.78, 5) is 0.440. The van der Waals surface area contributed by atoms with Gasteiger partial charge in [-0.2, -0.15) is 9.82 Å². The van der Waals surface area contributed by atoms with Crippen molar-refractivity contribution in [2.75, 3.05) is 0 Å². The van der Waals surface area contributed by atoms with Crippen LogP contribution in [0, 0.1) is 17.7 Å². The molecule has 2 bridgehead atoms. The zero-order valence-electron chi connectivity index (χ0n) is 19.9. The van der Waals surface area contributed by atoms with Crippen molar-refractivity contribution in [3.05, 3.63) is 95.3 Å². The fourth-order valence-electron chi connectivity index (χ4n) is 6.90. The van der Waals surface area contributed by atoms with Crippen LogP contribution in [0.2, 0.25) is 0 Å². The topological polar surface area (TPSA) is 64.0 Å². The van der Waals surface area contributed by atoms with E-state index in [1.165, 1.54) is 23.3 Å². The van der Waals surface area contributed by atoms with Crippen molar-refractivity contribution in [2.24, 2.45) is 18.9 Å². The molecular formula is C29H26FN3O2S. The van der Waals surface area contributed by atoms with Crippen LogP contribution in [-0.2, 0) is 35.5 Å². The molecule has 1 aliphatic heterocycles. The Bertz CT molecular complexity index is 1630. The van der Waals surface area contributed by atoms with Gasteiger partial charge in [0, 0.05) is 12.6 Å². The van der Waals surface area contributed by atoms with Crippen LogP contribution in [0.3, 0.4) is 0 Å². The van der Waals surface area contributed by atoms with Gasteiger partial charge in [-0.25, -0.2) is 12.8 Å². The van der Waals surface area contributed by atoms with Crippen LogP contribution in [0.1, 0.15) is 29.5 Å². The predicted octanol–water partition coefficient (Wildman–Crippen LogP) is 5.21. The second kappa shape index (κ2) is 7.60. The molecule has 7 heteroatoms. The van der Waals surface area contributed by atoms with E-state index in [-0.39, 0.29) is 17.7 Å². The third-order valence-corrected chi connectivity index (χ3v) is 10.1. The molecule has 7 rings (SSSR count). The van der Waals surface area contributed by atoms with E-state index in [4.69, 9.17) is 5.10 Å². The molecule has 1 aromatic heterocycles. The van der Waals surface area contributed by atoms with Gasteiger partial charge < -0.3 is 0 Å². The van der Waals surface area contributed by atoms with E-state index in [0.717, 1.165) is 53.8 Å². The maximum absolute atomic E-state index is 13.4. The van der Waals surface area contributed by atoms with Crippen LogP contribution >= 0.6 is 0 Å². The van der Waals surface area contributed by atoms with Gasteiger partial charge in [0.05, 0.1) is 21.8 Å². The highest BCUT2D eigenvalue weighted by molar-refractivity contribution is 7.89. The minimum Gasteiger partial charge on any atom is -0.267 e. The van der Waals surface area contributed by atoms with Gasteiger partial charge in [0.1, 0.15) is 5.82 Å². The number of benzene rings is 3. The maximum Gasteiger partial charge on any atom is 0.241 e. The first-order valence-corrected chi connectivity index (χ1v) is 13.9. The first kappa shape index (κ1) is 21.9. The van der Waals surface area contributed by atoms with Crippen LogP contribution in [0.15, 0.2) is 77.7 Å². The second-order valence-corrected chi connectivity index (χ2v) is 12.0. The number of nitrogens with one attached hydrogen (secondary N) is 1. The smallest absolute Gasteiger partial charge is 0.241 e. The lowest BCUT2D eigenvalue weighted by Gasteiger charge is -2.35. The average Bonchev–Trinajstić information content (AvgIpc) is 3.44. The summed E-state index contributed by atoms with van der Waals surface area (Å²) in [5.74, 6) is 0.176. The van der Waals surface area contributed by atoms with E-state index >= 15 is 0 Å². The zero-order chi connectivity index (χ0) is 24.7. The third-order valence-electron chi connectivity index (χ3n) is 8.53. The minimum absolute atomic E-state index is 0.205. The highest BCUT2D eigenvalue weighted by Crippen LogP contribution is 2.57. The molecule has 5 nitrogen and oxygen atoms in total. The Morgan fingerprint density at radius 1 is 0.917 bits per heavy atom. The van der Waals surface area contributed by atoms with Crippen LogP contribution in [-0.4, -0.2) is 18.2 Å². The van der Waals surface area contributed by atoms with E-state index in [0.29, 0.717) is 4.90 Å². The molecule has 3 atom stereocenters. The number of nitrogens with zero attached hydrogens (tertiary/aromatic N) is 2. The van der Waals surface area contributed by atoms with E-state index in [2.05, 4.69) is 22.9 Å². The van der Waals surface area contributed by atoms with E-state index in [9.17, 15) is 12.8 Å². The van der Waals surface area contributed by atoms with Crippen molar-refractivity contribution in [3.8, 4) is 22.5 Å². The number of aromatic nitrogens is 2. The van der Waals surface area contributed by atoms with E-state index < -0.39 is 15.6 Å². The summed E-state index contributed by atoms with van der Waals surface area (Å²) in [5, 5.41) is 4.75. The second-order valence-electron chi connectivity index (χ2n) is 10.4. The summed E-state index contributed by atoms with van der Waals surface area (Å²) in [6, 6.07) is 22.6. The molecule has 0 radical (unpaired) electrons. The molecule has 4 aromatic rings. The van der Waals surface area contributed by atoms with Gasteiger partial charge in [0.15, 0.2) is 0 Å². The summed E-state index contributed by atoms with van der Waals surface area (Å²) < 4.78 is 44.6. The SMILES string of the molecule is Cn1nc(-c2ccc3c(c2)CC2CCC(C3)C23NS(=O)(=O)c2ccccc23)cc1-c1ccc(F)cc1. The van der Waals surface area contributed by atoms with Gasteiger partial charge in [-0.3, -0.25) is 4.68 Å². The summed E-state index contributed by atoms with van der Waals surface area (Å²) in [6.07, 6.45) is 3.70. The number of hydrogen-bond acceptors (Lipinski definition) is 3. The molecule has 1 N–H and O–H groups in total. The van der Waals surface area contributed by atoms with Crippen molar-refractivity contribution in [1.82, 2.24) is 14.5 Å². The number of fused-ring (bicyclic) bond motifs is 2. The Balaban J connectivity index is 1.27. The molecule has 3 aliphatic rings.